The third kappa shape index (κ3) is 3.68. The average molecular weight is 367 g/mol. The molecule has 2 aromatic rings. The molecule has 3 rings (SSSR count). The van der Waals surface area contributed by atoms with Crippen molar-refractivity contribution >= 4 is 5.91 Å². The fourth-order valence-electron chi connectivity index (χ4n) is 3.18. The van der Waals surface area contributed by atoms with E-state index in [4.69, 9.17) is 0 Å². The first kappa shape index (κ1) is 18.3. The van der Waals surface area contributed by atoms with Gasteiger partial charge >= 0.3 is 6.18 Å². The standard InChI is InChI=1S/C18H17F4N3O/c1-10-9-25(6-5-12-3-4-13(19)8-14(10)12)16(26)15-7-11(2)23-17(24-15)18(20,21)22/h3-4,7-8,10H,5-6,9H2,1-2H3. The zero-order valence-electron chi connectivity index (χ0n) is 14.3. The molecule has 8 heteroatoms. The van der Waals surface area contributed by atoms with Crippen LogP contribution in [0.3, 0.4) is 0 Å². The molecular weight excluding hydrogens is 350 g/mol. The van der Waals surface area contributed by atoms with Gasteiger partial charge in [-0.15, -0.1) is 0 Å². The van der Waals surface area contributed by atoms with Crippen molar-refractivity contribution in [2.24, 2.45) is 0 Å². The van der Waals surface area contributed by atoms with Crippen LogP contribution >= 0.6 is 0 Å². The minimum atomic E-state index is -4.72. The van der Waals surface area contributed by atoms with Crippen molar-refractivity contribution in [3.05, 3.63) is 58.4 Å². The lowest BCUT2D eigenvalue weighted by Gasteiger charge is -2.23. The van der Waals surface area contributed by atoms with Crippen LogP contribution in [0.4, 0.5) is 17.6 Å². The number of fused-ring (bicyclic) bond motifs is 1. The van der Waals surface area contributed by atoms with Crippen LogP contribution in [0.5, 0.6) is 0 Å². The lowest BCUT2D eigenvalue weighted by molar-refractivity contribution is -0.145. The summed E-state index contributed by atoms with van der Waals surface area (Å²) in [5.41, 5.74) is 1.54. The highest BCUT2D eigenvalue weighted by Crippen LogP contribution is 2.28. The lowest BCUT2D eigenvalue weighted by Crippen LogP contribution is -2.35. The Labute approximate surface area is 147 Å². The van der Waals surface area contributed by atoms with E-state index in [0.717, 1.165) is 11.1 Å². The Balaban J connectivity index is 1.89. The van der Waals surface area contributed by atoms with Crippen LogP contribution in [-0.4, -0.2) is 33.9 Å². The molecule has 138 valence electrons. The third-order valence-corrected chi connectivity index (χ3v) is 4.40. The van der Waals surface area contributed by atoms with Crippen LogP contribution in [-0.2, 0) is 12.6 Å². The zero-order valence-corrected chi connectivity index (χ0v) is 14.3. The predicted molar refractivity (Wildman–Crippen MR) is 86.2 cm³/mol. The number of aromatic nitrogens is 2. The first-order chi connectivity index (χ1) is 12.1. The van der Waals surface area contributed by atoms with Crippen LogP contribution in [0.2, 0.25) is 0 Å². The molecule has 1 aliphatic heterocycles. The van der Waals surface area contributed by atoms with Gasteiger partial charge in [0.15, 0.2) is 0 Å². The summed E-state index contributed by atoms with van der Waals surface area (Å²) in [6.07, 6.45) is -4.22. The molecule has 0 bridgehead atoms. The molecular formula is C18H17F4N3O. The molecule has 1 unspecified atom stereocenters. The number of nitrogens with zero attached hydrogens (tertiary/aromatic N) is 3. The van der Waals surface area contributed by atoms with E-state index < -0.39 is 17.9 Å². The third-order valence-electron chi connectivity index (χ3n) is 4.40. The molecule has 1 aromatic heterocycles. The molecule has 0 radical (unpaired) electrons. The van der Waals surface area contributed by atoms with Crippen LogP contribution in [0.25, 0.3) is 0 Å². The number of alkyl halides is 3. The van der Waals surface area contributed by atoms with Crippen LogP contribution in [0.15, 0.2) is 24.3 Å². The number of benzene rings is 1. The van der Waals surface area contributed by atoms with Crippen LogP contribution in [0.1, 0.15) is 46.0 Å². The number of aryl methyl sites for hydroxylation is 1. The Kier molecular flexibility index (Phi) is 4.68. The maximum absolute atomic E-state index is 13.5. The molecule has 0 saturated carbocycles. The Hall–Kier alpha value is -2.51. The number of halogens is 4. The second-order valence-corrected chi connectivity index (χ2v) is 6.46. The maximum Gasteiger partial charge on any atom is 0.451 e. The summed E-state index contributed by atoms with van der Waals surface area (Å²) in [6, 6.07) is 5.75. The molecule has 0 aliphatic carbocycles. The van der Waals surface area contributed by atoms with E-state index in [1.807, 2.05) is 6.92 Å². The van der Waals surface area contributed by atoms with Crippen molar-refractivity contribution in [3.8, 4) is 0 Å². The maximum atomic E-state index is 13.5. The Morgan fingerprint density at radius 1 is 1.23 bits per heavy atom. The lowest BCUT2D eigenvalue weighted by atomic mass is 9.95. The quantitative estimate of drug-likeness (QED) is 0.722. The summed E-state index contributed by atoms with van der Waals surface area (Å²) in [5, 5.41) is 0. The molecule has 1 aromatic carbocycles. The van der Waals surface area contributed by atoms with E-state index in [9.17, 15) is 22.4 Å². The molecule has 0 N–H and O–H groups in total. The summed E-state index contributed by atoms with van der Waals surface area (Å²) >= 11 is 0. The monoisotopic (exact) mass is 367 g/mol. The molecule has 4 nitrogen and oxygen atoms in total. The SMILES string of the molecule is Cc1cc(C(=O)N2CCc3ccc(F)cc3C(C)C2)nc(C(F)(F)F)n1. The number of hydrogen-bond donors (Lipinski definition) is 0. The molecule has 1 aliphatic rings. The molecule has 1 atom stereocenters. The summed E-state index contributed by atoms with van der Waals surface area (Å²) in [4.78, 5) is 21.0. The predicted octanol–water partition coefficient (Wildman–Crippen LogP) is 3.74. The summed E-state index contributed by atoms with van der Waals surface area (Å²) in [7, 11) is 0. The number of amides is 1. The van der Waals surface area contributed by atoms with Gasteiger partial charge in [0.05, 0.1) is 0 Å². The van der Waals surface area contributed by atoms with E-state index in [1.165, 1.54) is 30.0 Å². The Morgan fingerprint density at radius 2 is 1.96 bits per heavy atom. The largest absolute Gasteiger partial charge is 0.451 e. The van der Waals surface area contributed by atoms with Gasteiger partial charge < -0.3 is 4.90 Å². The molecule has 1 amide bonds. The van der Waals surface area contributed by atoms with Gasteiger partial charge in [-0.1, -0.05) is 13.0 Å². The first-order valence-corrected chi connectivity index (χ1v) is 8.15. The van der Waals surface area contributed by atoms with Crippen molar-refractivity contribution in [1.82, 2.24) is 14.9 Å². The van der Waals surface area contributed by atoms with Crippen LogP contribution in [0, 0.1) is 12.7 Å². The van der Waals surface area contributed by atoms with Crippen molar-refractivity contribution in [1.29, 1.82) is 0 Å². The molecule has 2 heterocycles. The number of hydrogen-bond acceptors (Lipinski definition) is 3. The van der Waals surface area contributed by atoms with E-state index >= 15 is 0 Å². The molecule has 0 saturated heterocycles. The highest BCUT2D eigenvalue weighted by atomic mass is 19.4. The van der Waals surface area contributed by atoms with Gasteiger partial charge in [0.1, 0.15) is 11.5 Å². The highest BCUT2D eigenvalue weighted by Gasteiger charge is 2.36. The van der Waals surface area contributed by atoms with E-state index in [2.05, 4.69) is 9.97 Å². The van der Waals surface area contributed by atoms with Crippen molar-refractivity contribution in [3.63, 3.8) is 0 Å². The second-order valence-electron chi connectivity index (χ2n) is 6.46. The minimum absolute atomic E-state index is 0.0731. The number of carbonyl (C=O) groups is 1. The van der Waals surface area contributed by atoms with Crippen molar-refractivity contribution in [2.75, 3.05) is 13.1 Å². The van der Waals surface area contributed by atoms with Gasteiger partial charge in [-0.2, -0.15) is 13.2 Å². The van der Waals surface area contributed by atoms with Gasteiger partial charge in [-0.3, -0.25) is 4.79 Å². The van der Waals surface area contributed by atoms with Crippen molar-refractivity contribution < 1.29 is 22.4 Å². The fraction of sp³-hybridized carbons (Fsp3) is 0.389. The van der Waals surface area contributed by atoms with E-state index in [1.54, 1.807) is 6.07 Å². The van der Waals surface area contributed by atoms with Gasteiger partial charge in [0.25, 0.3) is 5.91 Å². The summed E-state index contributed by atoms with van der Waals surface area (Å²) < 4.78 is 52.3. The molecule has 0 fully saturated rings. The zero-order chi connectivity index (χ0) is 19.1. The molecule has 26 heavy (non-hydrogen) atoms. The average Bonchev–Trinajstić information content (AvgIpc) is 2.72. The topological polar surface area (TPSA) is 46.1 Å². The molecule has 0 spiro atoms. The fourth-order valence-corrected chi connectivity index (χ4v) is 3.18. The summed E-state index contributed by atoms with van der Waals surface area (Å²) in [5.74, 6) is -2.40. The Bertz CT molecular complexity index is 851. The second kappa shape index (κ2) is 6.66. The minimum Gasteiger partial charge on any atom is -0.336 e. The Morgan fingerprint density at radius 3 is 2.65 bits per heavy atom. The highest BCUT2D eigenvalue weighted by molar-refractivity contribution is 5.92. The van der Waals surface area contributed by atoms with Gasteiger partial charge in [-0.05, 0) is 48.6 Å². The van der Waals surface area contributed by atoms with E-state index in [-0.39, 0.29) is 29.7 Å². The summed E-state index contributed by atoms with van der Waals surface area (Å²) in [6.45, 7) is 3.85. The smallest absolute Gasteiger partial charge is 0.336 e. The normalized spacial score (nSPS) is 17.6. The number of carbonyl (C=O) groups excluding carboxylic acids is 1. The number of rotatable bonds is 1. The first-order valence-electron chi connectivity index (χ1n) is 8.15. The van der Waals surface area contributed by atoms with Crippen molar-refractivity contribution in [2.45, 2.75) is 32.4 Å². The van der Waals surface area contributed by atoms with Gasteiger partial charge in [0.2, 0.25) is 5.82 Å². The van der Waals surface area contributed by atoms with Gasteiger partial charge in [0, 0.05) is 18.8 Å². The van der Waals surface area contributed by atoms with Crippen LogP contribution < -0.4 is 0 Å². The van der Waals surface area contributed by atoms with Gasteiger partial charge in [-0.25, -0.2) is 14.4 Å². The van der Waals surface area contributed by atoms with E-state index in [0.29, 0.717) is 13.0 Å².